The van der Waals surface area contributed by atoms with Gasteiger partial charge in [-0.25, -0.2) is 4.68 Å². The third-order valence-electron chi connectivity index (χ3n) is 5.35. The quantitative estimate of drug-likeness (QED) is 0.747. The van der Waals surface area contributed by atoms with Crippen LogP contribution < -0.4 is 10.9 Å². The van der Waals surface area contributed by atoms with Gasteiger partial charge in [-0.1, -0.05) is 41.9 Å². The first kappa shape index (κ1) is 17.6. The minimum Gasteiger partial charge on any atom is -0.319 e. The highest BCUT2D eigenvalue weighted by molar-refractivity contribution is 6.30. The first-order valence-electron chi connectivity index (χ1n) is 8.85. The van der Waals surface area contributed by atoms with Crippen LogP contribution in [0.4, 0.5) is 5.69 Å². The van der Waals surface area contributed by atoms with Crippen molar-refractivity contribution in [2.24, 2.45) is 7.05 Å². The lowest BCUT2D eigenvalue weighted by atomic mass is 9.95. The summed E-state index contributed by atoms with van der Waals surface area (Å²) in [6, 6.07) is 16.8. The number of carbonyl (C=O) groups excluding carboxylic acids is 1. The van der Waals surface area contributed by atoms with E-state index in [0.29, 0.717) is 16.4 Å². The van der Waals surface area contributed by atoms with Gasteiger partial charge in [0, 0.05) is 12.1 Å². The van der Waals surface area contributed by atoms with Gasteiger partial charge in [0.05, 0.1) is 16.8 Å². The van der Waals surface area contributed by atoms with Crippen molar-refractivity contribution in [1.29, 1.82) is 0 Å². The maximum atomic E-state index is 13.1. The fourth-order valence-electron chi connectivity index (χ4n) is 3.50. The Hall–Kier alpha value is -2.79. The first-order valence-corrected chi connectivity index (χ1v) is 9.23. The highest BCUT2D eigenvalue weighted by atomic mass is 35.5. The van der Waals surface area contributed by atoms with E-state index in [-0.39, 0.29) is 11.5 Å². The SMILES string of the molecule is Cc1c(NC(=O)C2(c3cccc(Cl)c3)CC2)c(=O)n(-c2ccccc2)n1C. The van der Waals surface area contributed by atoms with E-state index in [4.69, 9.17) is 11.6 Å². The molecule has 0 spiro atoms. The van der Waals surface area contributed by atoms with E-state index in [1.54, 1.807) is 15.4 Å². The van der Waals surface area contributed by atoms with Crippen molar-refractivity contribution in [3.63, 3.8) is 0 Å². The second-order valence-corrected chi connectivity index (χ2v) is 7.42. The molecular formula is C21H20ClN3O2. The number of halogens is 1. The molecule has 0 aliphatic heterocycles. The normalized spacial score (nSPS) is 14.8. The minimum atomic E-state index is -0.600. The van der Waals surface area contributed by atoms with Gasteiger partial charge in [-0.2, -0.15) is 0 Å². The van der Waals surface area contributed by atoms with Crippen LogP contribution in [0.25, 0.3) is 5.69 Å². The Balaban J connectivity index is 1.70. The number of nitrogens with zero attached hydrogens (tertiary/aromatic N) is 2. The maximum Gasteiger partial charge on any atom is 0.295 e. The molecule has 0 bridgehead atoms. The summed E-state index contributed by atoms with van der Waals surface area (Å²) in [5.41, 5.74) is 1.83. The Kier molecular flexibility index (Phi) is 4.19. The van der Waals surface area contributed by atoms with Crippen LogP contribution in [0.5, 0.6) is 0 Å². The summed E-state index contributed by atoms with van der Waals surface area (Å²) in [5.74, 6) is -0.157. The van der Waals surface area contributed by atoms with E-state index in [2.05, 4.69) is 5.32 Å². The lowest BCUT2D eigenvalue weighted by Gasteiger charge is -2.15. The second kappa shape index (κ2) is 6.43. The molecule has 0 radical (unpaired) electrons. The van der Waals surface area contributed by atoms with Crippen molar-refractivity contribution in [2.45, 2.75) is 25.2 Å². The van der Waals surface area contributed by atoms with Gasteiger partial charge >= 0.3 is 0 Å². The van der Waals surface area contributed by atoms with Crippen LogP contribution in [0, 0.1) is 6.92 Å². The van der Waals surface area contributed by atoms with Crippen molar-refractivity contribution in [1.82, 2.24) is 9.36 Å². The van der Waals surface area contributed by atoms with Crippen molar-refractivity contribution in [2.75, 3.05) is 5.32 Å². The van der Waals surface area contributed by atoms with Gasteiger partial charge in [0.25, 0.3) is 5.56 Å². The van der Waals surface area contributed by atoms with Gasteiger partial charge in [0.2, 0.25) is 5.91 Å². The molecule has 138 valence electrons. The average Bonchev–Trinajstić information content (AvgIpc) is 3.45. The summed E-state index contributed by atoms with van der Waals surface area (Å²) >= 11 is 6.10. The largest absolute Gasteiger partial charge is 0.319 e. The first-order chi connectivity index (χ1) is 12.9. The second-order valence-electron chi connectivity index (χ2n) is 6.98. The zero-order valence-electron chi connectivity index (χ0n) is 15.2. The molecule has 1 saturated carbocycles. The number of rotatable bonds is 4. The fraction of sp³-hybridized carbons (Fsp3) is 0.238. The Morgan fingerprint density at radius 1 is 1.11 bits per heavy atom. The molecule has 0 saturated heterocycles. The molecule has 3 aromatic rings. The summed E-state index contributed by atoms with van der Waals surface area (Å²) in [7, 11) is 1.81. The van der Waals surface area contributed by atoms with Crippen LogP contribution in [-0.2, 0) is 17.3 Å². The molecule has 1 aliphatic carbocycles. The molecule has 1 fully saturated rings. The van der Waals surface area contributed by atoms with Crippen molar-refractivity contribution < 1.29 is 4.79 Å². The number of amides is 1. The third kappa shape index (κ3) is 2.88. The standard InChI is InChI=1S/C21H20ClN3O2/c1-14-18(19(26)25(24(14)2)17-9-4-3-5-10-17)23-20(27)21(11-12-21)15-7-6-8-16(22)13-15/h3-10,13H,11-12H2,1-2H3,(H,23,27). The molecule has 1 amide bonds. The molecule has 1 N–H and O–H groups in total. The van der Waals surface area contributed by atoms with E-state index in [9.17, 15) is 9.59 Å². The molecule has 1 aromatic heterocycles. The number of benzene rings is 2. The molecule has 4 rings (SSSR count). The van der Waals surface area contributed by atoms with Crippen molar-refractivity contribution >= 4 is 23.2 Å². The van der Waals surface area contributed by atoms with E-state index in [1.165, 1.54) is 0 Å². The molecule has 0 unspecified atom stereocenters. The maximum absolute atomic E-state index is 13.1. The van der Waals surface area contributed by atoms with Crippen molar-refractivity contribution in [3.8, 4) is 5.69 Å². The van der Waals surface area contributed by atoms with E-state index in [0.717, 1.165) is 24.1 Å². The number of carbonyl (C=O) groups is 1. The number of hydrogen-bond donors (Lipinski definition) is 1. The minimum absolute atomic E-state index is 0.157. The van der Waals surface area contributed by atoms with Crippen LogP contribution in [0.2, 0.25) is 5.02 Å². The number of nitrogens with one attached hydrogen (secondary N) is 1. The number of hydrogen-bond acceptors (Lipinski definition) is 2. The van der Waals surface area contributed by atoms with Gasteiger partial charge in [-0.3, -0.25) is 14.3 Å². The Morgan fingerprint density at radius 2 is 1.81 bits per heavy atom. The zero-order valence-corrected chi connectivity index (χ0v) is 16.0. The lowest BCUT2D eigenvalue weighted by molar-refractivity contribution is -0.118. The average molecular weight is 382 g/mol. The van der Waals surface area contributed by atoms with Gasteiger partial charge in [-0.15, -0.1) is 0 Å². The predicted octanol–water partition coefficient (Wildman–Crippen LogP) is 3.81. The van der Waals surface area contributed by atoms with Gasteiger partial charge < -0.3 is 5.32 Å². The van der Waals surface area contributed by atoms with E-state index in [1.807, 2.05) is 62.5 Å². The van der Waals surface area contributed by atoms with Gasteiger partial charge in [-0.05, 0) is 49.6 Å². The van der Waals surface area contributed by atoms with E-state index >= 15 is 0 Å². The molecule has 6 heteroatoms. The molecule has 1 heterocycles. The molecule has 1 aliphatic rings. The van der Waals surface area contributed by atoms with Gasteiger partial charge in [0.15, 0.2) is 0 Å². The van der Waals surface area contributed by atoms with Crippen LogP contribution in [0.3, 0.4) is 0 Å². The van der Waals surface area contributed by atoms with Gasteiger partial charge in [0.1, 0.15) is 5.69 Å². The monoisotopic (exact) mass is 381 g/mol. The lowest BCUT2D eigenvalue weighted by Crippen LogP contribution is -2.30. The summed E-state index contributed by atoms with van der Waals surface area (Å²) in [5, 5.41) is 3.50. The highest BCUT2D eigenvalue weighted by Gasteiger charge is 2.51. The van der Waals surface area contributed by atoms with Crippen LogP contribution in [-0.4, -0.2) is 15.3 Å². The zero-order chi connectivity index (χ0) is 19.2. The van der Waals surface area contributed by atoms with E-state index < -0.39 is 5.41 Å². The summed E-state index contributed by atoms with van der Waals surface area (Å²) in [4.78, 5) is 26.0. The highest BCUT2D eigenvalue weighted by Crippen LogP contribution is 2.49. The molecule has 2 aromatic carbocycles. The topological polar surface area (TPSA) is 56.0 Å². The molecule has 5 nitrogen and oxygen atoms in total. The predicted molar refractivity (Wildman–Crippen MR) is 107 cm³/mol. The van der Waals surface area contributed by atoms with Crippen LogP contribution >= 0.6 is 11.6 Å². The van der Waals surface area contributed by atoms with Crippen molar-refractivity contribution in [3.05, 3.63) is 81.2 Å². The summed E-state index contributed by atoms with van der Waals surface area (Å²) in [6.45, 7) is 1.83. The smallest absolute Gasteiger partial charge is 0.295 e. The molecule has 0 atom stereocenters. The molecular weight excluding hydrogens is 362 g/mol. The summed E-state index contributed by atoms with van der Waals surface area (Å²) < 4.78 is 3.32. The number of aromatic nitrogens is 2. The molecule has 27 heavy (non-hydrogen) atoms. The number of para-hydroxylation sites is 1. The third-order valence-corrected chi connectivity index (χ3v) is 5.59. The van der Waals surface area contributed by atoms with Crippen LogP contribution in [0.1, 0.15) is 24.1 Å². The Labute approximate surface area is 162 Å². The van der Waals surface area contributed by atoms with Crippen LogP contribution in [0.15, 0.2) is 59.4 Å². The Morgan fingerprint density at radius 3 is 2.44 bits per heavy atom. The number of anilines is 1. The summed E-state index contributed by atoms with van der Waals surface area (Å²) in [6.07, 6.45) is 1.50. The Bertz CT molecular complexity index is 1080. The fourth-order valence-corrected chi connectivity index (χ4v) is 3.69.